The first-order valence-electron chi connectivity index (χ1n) is 18.2. The van der Waals surface area contributed by atoms with Crippen molar-refractivity contribution in [3.05, 3.63) is 121 Å². The average Bonchev–Trinajstić information content (AvgIpc) is 3.15. The maximum atomic E-state index is 8.31. The summed E-state index contributed by atoms with van der Waals surface area (Å²) < 4.78 is 33.2. The van der Waals surface area contributed by atoms with E-state index in [1.807, 2.05) is 0 Å². The van der Waals surface area contributed by atoms with Crippen molar-refractivity contribution in [2.75, 3.05) is 0 Å². The Morgan fingerprint density at radius 2 is 0.500 bits per heavy atom. The van der Waals surface area contributed by atoms with E-state index in [2.05, 4.69) is 177 Å². The first-order chi connectivity index (χ1) is 23.2. The highest BCUT2D eigenvalue weighted by molar-refractivity contribution is 7.07. The Balaban J connectivity index is 1.99. The fraction of sp³-hybridized carbons (Fsp3) is 0.400. The van der Waals surface area contributed by atoms with Crippen LogP contribution in [-0.2, 0) is 16.5 Å². The highest BCUT2D eigenvalue weighted by Crippen LogP contribution is 2.47. The third-order valence-electron chi connectivity index (χ3n) is 11.0. The average molecular weight is 713 g/mol. The topological polar surface area (TPSA) is 36.9 Å². The molecule has 1 heterocycles. The van der Waals surface area contributed by atoms with Crippen molar-refractivity contribution in [1.29, 1.82) is 0 Å². The summed E-state index contributed by atoms with van der Waals surface area (Å²) in [4.78, 5) is 0. The van der Waals surface area contributed by atoms with Gasteiger partial charge in [0.2, 0.25) is 0 Å². The number of benzene rings is 4. The van der Waals surface area contributed by atoms with Crippen LogP contribution in [0.3, 0.4) is 0 Å². The van der Waals surface area contributed by atoms with Crippen LogP contribution in [0.5, 0.6) is 0 Å². The van der Waals surface area contributed by atoms with Crippen LogP contribution in [-0.4, -0.2) is 34.2 Å². The lowest BCUT2D eigenvalue weighted by molar-refractivity contribution is 0.214. The van der Waals surface area contributed by atoms with E-state index in [1.165, 1.54) is 0 Å². The van der Waals surface area contributed by atoms with Crippen molar-refractivity contribution in [2.45, 2.75) is 103 Å². The molecule has 8 heteroatoms. The van der Waals surface area contributed by atoms with Crippen molar-refractivity contribution in [1.82, 2.24) is 0 Å². The molecule has 0 aliphatic carbocycles. The van der Waals surface area contributed by atoms with Gasteiger partial charge in [-0.05, 0) is 20.7 Å². The van der Waals surface area contributed by atoms with E-state index in [9.17, 15) is 0 Å². The Morgan fingerprint density at radius 1 is 0.333 bits per heavy atom. The molecule has 4 aromatic carbocycles. The molecule has 0 spiro atoms. The van der Waals surface area contributed by atoms with Gasteiger partial charge >= 0.3 is 34.2 Å². The molecule has 0 bridgehead atoms. The van der Waals surface area contributed by atoms with Crippen LogP contribution in [0.4, 0.5) is 0 Å². The second kappa shape index (κ2) is 15.6. The van der Waals surface area contributed by atoms with Crippen LogP contribution in [0.15, 0.2) is 121 Å². The molecule has 0 saturated carbocycles. The van der Waals surface area contributed by atoms with Crippen molar-refractivity contribution >= 4 is 55.0 Å². The first-order valence-corrected chi connectivity index (χ1v) is 25.8. The predicted octanol–water partition coefficient (Wildman–Crippen LogP) is 8.66. The van der Waals surface area contributed by atoms with Gasteiger partial charge in [0.25, 0.3) is 0 Å². The number of rotatable bonds is 12. The molecule has 256 valence electrons. The van der Waals surface area contributed by atoms with Gasteiger partial charge in [0, 0.05) is 22.2 Å². The normalized spacial score (nSPS) is 28.8. The van der Waals surface area contributed by atoms with Crippen molar-refractivity contribution in [3.8, 4) is 0 Å². The second-order valence-electron chi connectivity index (χ2n) is 13.8. The molecule has 1 fully saturated rings. The van der Waals surface area contributed by atoms with Crippen LogP contribution >= 0.6 is 0 Å². The van der Waals surface area contributed by atoms with Gasteiger partial charge < -0.3 is 16.5 Å². The van der Waals surface area contributed by atoms with Crippen LogP contribution in [0, 0.1) is 0 Å². The molecule has 48 heavy (non-hydrogen) atoms. The van der Waals surface area contributed by atoms with E-state index in [4.69, 9.17) is 16.5 Å². The smallest absolute Gasteiger partial charge is 0.358 e. The molecule has 4 nitrogen and oxygen atoms in total. The van der Waals surface area contributed by atoms with Crippen LogP contribution in [0.2, 0.25) is 22.2 Å². The van der Waals surface area contributed by atoms with Gasteiger partial charge in [-0.25, -0.2) is 0 Å². The Kier molecular flexibility index (Phi) is 12.0. The van der Waals surface area contributed by atoms with E-state index >= 15 is 0 Å². The molecule has 1 saturated heterocycles. The van der Waals surface area contributed by atoms with Crippen LogP contribution in [0.1, 0.15) is 81.1 Å². The lowest BCUT2D eigenvalue weighted by Crippen LogP contribution is -2.82. The molecule has 4 aromatic rings. The SMILES string of the molecule is CC[C@H](C)[Si]1(c2ccccc2)O[Si](c2ccccc2)([C@@H](C)CC)O[Si](c2ccccc2)([C@@H](C)CC)O[Si](c2ccccc2)([C@@H](C)CC)O1. The van der Waals surface area contributed by atoms with Gasteiger partial charge in [-0.3, -0.25) is 0 Å². The Labute approximate surface area is 294 Å². The molecule has 0 aromatic heterocycles. The monoisotopic (exact) mass is 712 g/mol. The van der Waals surface area contributed by atoms with Gasteiger partial charge in [-0.2, -0.15) is 0 Å². The van der Waals surface area contributed by atoms with Gasteiger partial charge in [0.05, 0.1) is 0 Å². The minimum Gasteiger partial charge on any atom is -0.408 e. The van der Waals surface area contributed by atoms with Crippen LogP contribution < -0.4 is 20.7 Å². The zero-order chi connectivity index (χ0) is 34.4. The van der Waals surface area contributed by atoms with Gasteiger partial charge in [0.1, 0.15) is 0 Å². The molecular formula is C40H56O4Si4. The lowest BCUT2D eigenvalue weighted by atomic mass is 10.4. The molecule has 0 radical (unpaired) electrons. The maximum absolute atomic E-state index is 8.31. The summed E-state index contributed by atoms with van der Waals surface area (Å²) in [6.07, 6.45) is 3.70. The van der Waals surface area contributed by atoms with Gasteiger partial charge in [0.15, 0.2) is 0 Å². The fourth-order valence-corrected chi connectivity index (χ4v) is 33.8. The Bertz CT molecular complexity index is 1310. The predicted molar refractivity (Wildman–Crippen MR) is 211 cm³/mol. The largest absolute Gasteiger partial charge is 0.408 e. The first kappa shape index (κ1) is 36.9. The Morgan fingerprint density at radius 3 is 0.646 bits per heavy atom. The number of hydrogen-bond acceptors (Lipinski definition) is 4. The summed E-state index contributed by atoms with van der Waals surface area (Å²) in [5.41, 5.74) is 0.559. The molecular weight excluding hydrogens is 657 g/mol. The molecule has 5 rings (SSSR count). The third kappa shape index (κ3) is 6.58. The fourth-order valence-electron chi connectivity index (χ4n) is 7.16. The molecule has 1 aliphatic heterocycles. The standard InChI is InChI=1S/C40H56O4Si4/c1-9-33(5)45(37-25-17-13-18-26-37)41-46(34(6)10-2,38-27-19-14-20-28-38)43-48(36(8)12-4,40-31-23-16-24-32-40)44-47(42-45,35(7)11-3)39-29-21-15-22-30-39/h13-36H,9-12H2,1-8H3/t33-,34-,35-,36-,45?,46?,47?,48?/m0/s1. The summed E-state index contributed by atoms with van der Waals surface area (Å²) in [6, 6.07) is 43.5. The maximum Gasteiger partial charge on any atom is 0.358 e. The van der Waals surface area contributed by atoms with E-state index < -0.39 is 34.2 Å². The zero-order valence-electron chi connectivity index (χ0n) is 30.3. The number of hydrogen-bond donors (Lipinski definition) is 0. The summed E-state index contributed by atoms with van der Waals surface area (Å²) in [5, 5.41) is 4.65. The minimum atomic E-state index is -3.35. The second-order valence-corrected chi connectivity index (χ2v) is 28.6. The van der Waals surface area contributed by atoms with E-state index in [0.717, 1.165) is 46.4 Å². The van der Waals surface area contributed by atoms with E-state index in [-0.39, 0.29) is 22.2 Å². The molecule has 0 amide bonds. The Hall–Kier alpha value is -2.41. The molecule has 1 aliphatic rings. The van der Waals surface area contributed by atoms with Gasteiger partial charge in [-0.15, -0.1) is 0 Å². The lowest BCUT2D eigenvalue weighted by Gasteiger charge is -2.58. The molecule has 0 unspecified atom stereocenters. The van der Waals surface area contributed by atoms with Crippen molar-refractivity contribution in [2.24, 2.45) is 0 Å². The molecule has 4 atom stereocenters. The van der Waals surface area contributed by atoms with E-state index in [1.54, 1.807) is 0 Å². The summed E-state index contributed by atoms with van der Waals surface area (Å²) in [7, 11) is -13.4. The highest BCUT2D eigenvalue weighted by atomic mass is 28.5. The third-order valence-corrected chi connectivity index (χ3v) is 32.0. The van der Waals surface area contributed by atoms with Crippen LogP contribution in [0.25, 0.3) is 0 Å². The summed E-state index contributed by atoms with van der Waals surface area (Å²) >= 11 is 0. The van der Waals surface area contributed by atoms with Crippen molar-refractivity contribution < 1.29 is 16.5 Å². The summed E-state index contributed by atoms with van der Waals surface area (Å²) in [5.74, 6) is 0. The van der Waals surface area contributed by atoms with Crippen molar-refractivity contribution in [3.63, 3.8) is 0 Å². The highest BCUT2D eigenvalue weighted by Gasteiger charge is 2.69. The summed E-state index contributed by atoms with van der Waals surface area (Å²) in [6.45, 7) is 18.5. The van der Waals surface area contributed by atoms with E-state index in [0.29, 0.717) is 0 Å². The minimum absolute atomic E-state index is 0.140. The quantitative estimate of drug-likeness (QED) is 0.138. The zero-order valence-corrected chi connectivity index (χ0v) is 34.3. The van der Waals surface area contributed by atoms with Gasteiger partial charge in [-0.1, -0.05) is 202 Å². The molecule has 0 N–H and O–H groups in total.